The van der Waals surface area contributed by atoms with Gasteiger partial charge in [-0.25, -0.2) is 15.0 Å². The predicted octanol–water partition coefficient (Wildman–Crippen LogP) is 4.32. The maximum Gasteiger partial charge on any atom is 0.287 e. The van der Waals surface area contributed by atoms with Crippen molar-refractivity contribution in [1.82, 2.24) is 25.3 Å². The van der Waals surface area contributed by atoms with Gasteiger partial charge in [0.25, 0.3) is 5.56 Å². The normalized spacial score (nSPS) is 20.4. The van der Waals surface area contributed by atoms with Crippen molar-refractivity contribution >= 4 is 11.6 Å². The smallest absolute Gasteiger partial charge is 0.287 e. The number of anilines is 2. The Kier molecular flexibility index (Phi) is 10.5. The Hall–Kier alpha value is -3.92. The molecule has 12 heteroatoms. The van der Waals surface area contributed by atoms with Crippen LogP contribution in [0.5, 0.6) is 0 Å². The molecule has 4 heterocycles. The minimum absolute atomic E-state index is 0.123. The van der Waals surface area contributed by atoms with Gasteiger partial charge in [-0.2, -0.15) is 9.65 Å². The SMILES string of the molecule is Cc1cnc(NC2CCC(N[C@@H](C)COCc3ncc(F)c(=O)[nH]3)CC2)cc1-c1cccc(NCC2(C#N)CCOCC2)n1. The number of hydrogen-bond donors (Lipinski definition) is 4. The number of nitrogens with zero attached hydrogens (tertiary/aromatic N) is 4. The molecular weight excluding hydrogens is 563 g/mol. The minimum atomic E-state index is -0.903. The van der Waals surface area contributed by atoms with Crippen LogP contribution in [-0.4, -0.2) is 64.4 Å². The Morgan fingerprint density at radius 1 is 1.16 bits per heavy atom. The monoisotopic (exact) mass is 604 g/mol. The molecule has 0 amide bonds. The van der Waals surface area contributed by atoms with Crippen molar-refractivity contribution in [3.05, 3.63) is 64.2 Å². The zero-order chi connectivity index (χ0) is 30.9. The number of ether oxygens (including phenoxy) is 2. The molecule has 1 aliphatic heterocycles. The first-order valence-electron chi connectivity index (χ1n) is 15.3. The standard InChI is InChI=1S/C32H41FN8O3/c1-21-15-35-29(14-25(21)27-4-3-5-28(40-27)37-20-32(19-34)10-12-43-13-11-32)39-24-8-6-23(7-9-24)38-22(2)17-44-18-30-36-16-26(33)31(42)41-30/h3-5,14-16,22-24,38H,6-13,17-18,20H2,1-2H3,(H,35,39)(H,37,40)(H,36,41,42)/t22-,23?,24?/m0/s1. The summed E-state index contributed by atoms with van der Waals surface area (Å²) in [6.45, 7) is 6.45. The van der Waals surface area contributed by atoms with Gasteiger partial charge in [-0.05, 0) is 76.1 Å². The lowest BCUT2D eigenvalue weighted by molar-refractivity contribution is 0.0455. The van der Waals surface area contributed by atoms with Crippen molar-refractivity contribution in [2.75, 3.05) is 37.0 Å². The summed E-state index contributed by atoms with van der Waals surface area (Å²) in [5.41, 5.74) is 1.72. The Morgan fingerprint density at radius 2 is 1.93 bits per heavy atom. The summed E-state index contributed by atoms with van der Waals surface area (Å²) in [6, 6.07) is 11.3. The number of nitriles is 1. The lowest BCUT2D eigenvalue weighted by Gasteiger charge is -2.32. The van der Waals surface area contributed by atoms with Gasteiger partial charge in [0.15, 0.2) is 0 Å². The molecule has 234 valence electrons. The van der Waals surface area contributed by atoms with E-state index in [0.717, 1.165) is 73.2 Å². The number of aromatic amines is 1. The summed E-state index contributed by atoms with van der Waals surface area (Å²) in [5, 5.41) is 20.4. The van der Waals surface area contributed by atoms with Crippen LogP contribution in [0.25, 0.3) is 11.3 Å². The number of aromatic nitrogens is 4. The van der Waals surface area contributed by atoms with Crippen molar-refractivity contribution in [3.63, 3.8) is 0 Å². The molecule has 0 unspecified atom stereocenters. The van der Waals surface area contributed by atoms with E-state index in [1.54, 1.807) is 0 Å². The first-order valence-corrected chi connectivity index (χ1v) is 15.3. The fourth-order valence-electron chi connectivity index (χ4n) is 5.80. The van der Waals surface area contributed by atoms with Gasteiger partial charge in [0.1, 0.15) is 24.1 Å². The number of rotatable bonds is 12. The minimum Gasteiger partial charge on any atom is -0.381 e. The molecule has 1 atom stereocenters. The number of H-pyrrole nitrogens is 1. The Balaban J connectivity index is 1.09. The molecule has 0 spiro atoms. The first kappa shape index (κ1) is 31.5. The van der Waals surface area contributed by atoms with Crippen LogP contribution in [0.2, 0.25) is 0 Å². The van der Waals surface area contributed by atoms with E-state index in [4.69, 9.17) is 14.5 Å². The first-order chi connectivity index (χ1) is 21.3. The average Bonchev–Trinajstić information content (AvgIpc) is 3.04. The van der Waals surface area contributed by atoms with Gasteiger partial charge >= 0.3 is 0 Å². The third kappa shape index (κ3) is 8.37. The summed E-state index contributed by atoms with van der Waals surface area (Å²) < 4.78 is 24.2. The third-order valence-electron chi connectivity index (χ3n) is 8.44. The van der Waals surface area contributed by atoms with Crippen molar-refractivity contribution in [1.29, 1.82) is 5.26 Å². The van der Waals surface area contributed by atoms with Gasteiger partial charge < -0.3 is 30.4 Å². The molecule has 0 bridgehead atoms. The van der Waals surface area contributed by atoms with Crippen LogP contribution < -0.4 is 21.5 Å². The highest BCUT2D eigenvalue weighted by Crippen LogP contribution is 2.31. The van der Waals surface area contributed by atoms with E-state index in [1.165, 1.54) is 0 Å². The molecule has 2 aliphatic rings. The molecule has 3 aromatic heterocycles. The van der Waals surface area contributed by atoms with Crippen molar-refractivity contribution in [2.24, 2.45) is 5.41 Å². The van der Waals surface area contributed by atoms with Crippen molar-refractivity contribution in [3.8, 4) is 17.3 Å². The quantitative estimate of drug-likeness (QED) is 0.235. The molecule has 0 radical (unpaired) electrons. The molecule has 5 rings (SSSR count). The maximum absolute atomic E-state index is 13.1. The van der Waals surface area contributed by atoms with Gasteiger partial charge in [-0.1, -0.05) is 6.07 Å². The molecule has 2 fully saturated rings. The summed E-state index contributed by atoms with van der Waals surface area (Å²) in [7, 11) is 0. The van der Waals surface area contributed by atoms with Crippen LogP contribution in [-0.2, 0) is 16.1 Å². The molecular formula is C32H41FN8O3. The topological polar surface area (TPSA) is 150 Å². The molecule has 1 saturated carbocycles. The van der Waals surface area contributed by atoms with Crippen LogP contribution in [0, 0.1) is 29.5 Å². The second-order valence-corrected chi connectivity index (χ2v) is 11.9. The van der Waals surface area contributed by atoms with E-state index < -0.39 is 16.8 Å². The van der Waals surface area contributed by atoms with Gasteiger partial charge in [-0.3, -0.25) is 4.79 Å². The van der Waals surface area contributed by atoms with Crippen molar-refractivity contribution in [2.45, 2.75) is 77.1 Å². The Labute approximate surface area is 257 Å². The molecule has 3 aromatic rings. The number of pyridine rings is 2. The number of nitrogens with one attached hydrogen (secondary N) is 4. The lowest BCUT2D eigenvalue weighted by Crippen LogP contribution is -2.43. The Morgan fingerprint density at radius 3 is 2.68 bits per heavy atom. The summed E-state index contributed by atoms with van der Waals surface area (Å²) in [5.74, 6) is 0.992. The molecule has 1 saturated heterocycles. The number of hydrogen-bond acceptors (Lipinski definition) is 10. The molecule has 11 nitrogen and oxygen atoms in total. The van der Waals surface area contributed by atoms with Gasteiger partial charge in [0, 0.05) is 49.6 Å². The van der Waals surface area contributed by atoms with Crippen LogP contribution in [0.15, 0.2) is 41.5 Å². The van der Waals surface area contributed by atoms with Gasteiger partial charge in [-0.15, -0.1) is 0 Å². The van der Waals surface area contributed by atoms with E-state index in [0.29, 0.717) is 44.3 Å². The second-order valence-electron chi connectivity index (χ2n) is 11.9. The van der Waals surface area contributed by atoms with Gasteiger partial charge in [0.05, 0.1) is 30.0 Å². The lowest BCUT2D eigenvalue weighted by atomic mass is 9.82. The zero-order valence-electron chi connectivity index (χ0n) is 25.4. The van der Waals surface area contributed by atoms with E-state index >= 15 is 0 Å². The zero-order valence-corrected chi connectivity index (χ0v) is 25.4. The average molecular weight is 605 g/mol. The highest BCUT2D eigenvalue weighted by Gasteiger charge is 2.32. The van der Waals surface area contributed by atoms with E-state index in [-0.39, 0.29) is 12.6 Å². The molecule has 0 aromatic carbocycles. The largest absolute Gasteiger partial charge is 0.381 e. The van der Waals surface area contributed by atoms with E-state index in [1.807, 2.05) is 31.3 Å². The third-order valence-corrected chi connectivity index (χ3v) is 8.44. The highest BCUT2D eigenvalue weighted by molar-refractivity contribution is 5.68. The van der Waals surface area contributed by atoms with E-state index in [2.05, 4.69) is 50.0 Å². The predicted molar refractivity (Wildman–Crippen MR) is 166 cm³/mol. The summed E-state index contributed by atoms with van der Waals surface area (Å²) in [4.78, 5) is 27.1. The number of aryl methyl sites for hydroxylation is 1. The maximum atomic E-state index is 13.1. The summed E-state index contributed by atoms with van der Waals surface area (Å²) in [6.07, 6.45) is 8.32. The number of halogens is 1. The second kappa shape index (κ2) is 14.7. The molecule has 44 heavy (non-hydrogen) atoms. The van der Waals surface area contributed by atoms with Crippen LogP contribution in [0.3, 0.4) is 0 Å². The summed E-state index contributed by atoms with van der Waals surface area (Å²) >= 11 is 0. The highest BCUT2D eigenvalue weighted by atomic mass is 19.1. The van der Waals surface area contributed by atoms with Crippen LogP contribution in [0.1, 0.15) is 56.8 Å². The van der Waals surface area contributed by atoms with E-state index in [9.17, 15) is 14.4 Å². The van der Waals surface area contributed by atoms with Crippen LogP contribution in [0.4, 0.5) is 16.0 Å². The van der Waals surface area contributed by atoms with Crippen molar-refractivity contribution < 1.29 is 13.9 Å². The van der Waals surface area contributed by atoms with Gasteiger partial charge in [0.2, 0.25) is 5.82 Å². The fourth-order valence-corrected chi connectivity index (χ4v) is 5.80. The molecule has 1 aliphatic carbocycles. The fraction of sp³-hybridized carbons (Fsp3) is 0.531. The Bertz CT molecular complexity index is 1500. The van der Waals surface area contributed by atoms with Crippen LogP contribution >= 0.6 is 0 Å². The molecule has 4 N–H and O–H groups in total.